The van der Waals surface area contributed by atoms with Gasteiger partial charge in [-0.2, -0.15) is 0 Å². The van der Waals surface area contributed by atoms with Crippen molar-refractivity contribution >= 4 is 28.1 Å². The number of fused-ring (bicyclic) bond motifs is 1. The summed E-state index contributed by atoms with van der Waals surface area (Å²) in [5.41, 5.74) is 9.37. The Labute approximate surface area is 186 Å². The van der Waals surface area contributed by atoms with Gasteiger partial charge >= 0.3 is 0 Å². The van der Waals surface area contributed by atoms with E-state index in [1.54, 1.807) is 4.57 Å². The molecule has 0 aliphatic carbocycles. The molecule has 2 aromatic heterocycles. The highest BCUT2D eigenvalue weighted by molar-refractivity contribution is 6.06. The molecule has 32 heavy (non-hydrogen) atoms. The highest BCUT2D eigenvalue weighted by Crippen LogP contribution is 2.23. The smallest absolute Gasteiger partial charge is 0.263 e. The molecule has 0 aliphatic rings. The molecule has 4 rings (SSSR count). The van der Waals surface area contributed by atoms with Crippen LogP contribution in [0.1, 0.15) is 30.7 Å². The highest BCUT2D eigenvalue weighted by atomic mass is 16.1. The predicted octanol–water partition coefficient (Wildman–Crippen LogP) is 4.31. The van der Waals surface area contributed by atoms with Gasteiger partial charge in [0.1, 0.15) is 18.0 Å². The lowest BCUT2D eigenvalue weighted by Crippen LogP contribution is -2.25. The minimum Gasteiger partial charge on any atom is -0.383 e. The third-order valence-corrected chi connectivity index (χ3v) is 5.51. The normalized spacial score (nSPS) is 11.1. The molecule has 4 aromatic rings. The van der Waals surface area contributed by atoms with Crippen molar-refractivity contribution in [1.82, 2.24) is 14.5 Å². The summed E-state index contributed by atoms with van der Waals surface area (Å²) in [4.78, 5) is 21.9. The van der Waals surface area contributed by atoms with Crippen LogP contribution >= 0.6 is 0 Å². The van der Waals surface area contributed by atoms with Crippen LogP contribution in [0.3, 0.4) is 0 Å². The van der Waals surface area contributed by atoms with Crippen LogP contribution in [-0.4, -0.2) is 20.2 Å². The maximum atomic E-state index is 13.6. The molecule has 0 unspecified atom stereocenters. The average molecular weight is 427 g/mol. The average Bonchev–Trinajstić information content (AvgIpc) is 2.77. The van der Waals surface area contributed by atoms with Crippen LogP contribution in [0.15, 0.2) is 65.7 Å². The minimum atomic E-state index is -0.0686. The Balaban J connectivity index is 1.84. The molecule has 0 fully saturated rings. The number of nitrogens with two attached hydrogens (primary N) is 1. The van der Waals surface area contributed by atoms with Crippen molar-refractivity contribution in [1.29, 1.82) is 5.41 Å². The van der Waals surface area contributed by atoms with Gasteiger partial charge in [0.2, 0.25) is 0 Å². The van der Waals surface area contributed by atoms with Crippen molar-refractivity contribution in [2.24, 2.45) is 5.92 Å². The van der Waals surface area contributed by atoms with Gasteiger partial charge in [0.15, 0.2) is 0 Å². The summed E-state index contributed by atoms with van der Waals surface area (Å²) < 4.78 is 1.72. The lowest BCUT2D eigenvalue weighted by Gasteiger charge is -2.18. The lowest BCUT2D eigenvalue weighted by atomic mass is 10.0. The summed E-state index contributed by atoms with van der Waals surface area (Å²) in [6.45, 7) is 6.13. The molecule has 7 nitrogen and oxygen atoms in total. The van der Waals surface area contributed by atoms with Crippen LogP contribution < -0.4 is 16.6 Å². The molecular formula is C25H26N6O. The van der Waals surface area contributed by atoms with E-state index in [1.165, 1.54) is 6.33 Å². The summed E-state index contributed by atoms with van der Waals surface area (Å²) in [6, 6.07) is 17.4. The van der Waals surface area contributed by atoms with E-state index in [-0.39, 0.29) is 17.3 Å². The maximum Gasteiger partial charge on any atom is 0.263 e. The van der Waals surface area contributed by atoms with Gasteiger partial charge in [-0.1, -0.05) is 50.2 Å². The largest absolute Gasteiger partial charge is 0.383 e. The number of aryl methyl sites for hydroxylation is 1. The number of nitrogen functional groups attached to an aromatic ring is 1. The monoisotopic (exact) mass is 426 g/mol. The summed E-state index contributed by atoms with van der Waals surface area (Å²) in [5.74, 6) is 0.707. The van der Waals surface area contributed by atoms with Crippen LogP contribution in [-0.2, 0) is 6.54 Å². The van der Waals surface area contributed by atoms with Crippen LogP contribution in [0.25, 0.3) is 16.5 Å². The van der Waals surface area contributed by atoms with Gasteiger partial charge in [0.05, 0.1) is 17.5 Å². The number of benzene rings is 2. The minimum absolute atomic E-state index is 0.0324. The summed E-state index contributed by atoms with van der Waals surface area (Å²) in [6.07, 6.45) is 1.38. The second kappa shape index (κ2) is 8.63. The summed E-state index contributed by atoms with van der Waals surface area (Å²) in [5, 5.41) is 13.3. The number of nitrogens with zero attached hydrogens (tertiary/aromatic N) is 3. The zero-order valence-corrected chi connectivity index (χ0v) is 18.4. The molecule has 2 aromatic carbocycles. The van der Waals surface area contributed by atoms with E-state index in [2.05, 4.69) is 15.3 Å². The molecule has 0 aliphatic heterocycles. The molecule has 2 heterocycles. The first kappa shape index (κ1) is 21.2. The first-order valence-corrected chi connectivity index (χ1v) is 10.5. The van der Waals surface area contributed by atoms with Gasteiger partial charge in [-0.25, -0.2) is 9.97 Å². The van der Waals surface area contributed by atoms with Crippen molar-refractivity contribution < 1.29 is 0 Å². The Kier molecular flexibility index (Phi) is 5.73. The van der Waals surface area contributed by atoms with E-state index >= 15 is 0 Å². The van der Waals surface area contributed by atoms with E-state index in [4.69, 9.17) is 11.1 Å². The molecule has 0 atom stereocenters. The van der Waals surface area contributed by atoms with Crippen molar-refractivity contribution in [2.45, 2.75) is 27.3 Å². The number of nitrogens with one attached hydrogen (secondary N) is 2. The lowest BCUT2D eigenvalue weighted by molar-refractivity contribution is 0.871. The zero-order chi connectivity index (χ0) is 22.8. The maximum absolute atomic E-state index is 13.6. The molecule has 0 saturated carbocycles. The van der Waals surface area contributed by atoms with Gasteiger partial charge in [0.25, 0.3) is 5.56 Å². The number of rotatable bonds is 6. The van der Waals surface area contributed by atoms with E-state index < -0.39 is 0 Å². The number of anilines is 2. The van der Waals surface area contributed by atoms with Gasteiger partial charge in [0, 0.05) is 17.1 Å². The van der Waals surface area contributed by atoms with Crippen molar-refractivity contribution in [3.63, 3.8) is 0 Å². The second-order valence-electron chi connectivity index (χ2n) is 8.06. The second-order valence-corrected chi connectivity index (χ2v) is 8.06. The van der Waals surface area contributed by atoms with Gasteiger partial charge in [-0.15, -0.1) is 0 Å². The third kappa shape index (κ3) is 3.85. The molecule has 0 saturated heterocycles. The third-order valence-electron chi connectivity index (χ3n) is 5.51. The number of hydrogen-bond donors (Lipinski definition) is 3. The van der Waals surface area contributed by atoms with Crippen LogP contribution in [0, 0.1) is 18.3 Å². The molecule has 0 spiro atoms. The van der Waals surface area contributed by atoms with Gasteiger partial charge < -0.3 is 16.5 Å². The Bertz CT molecular complexity index is 1360. The van der Waals surface area contributed by atoms with E-state index in [0.717, 1.165) is 22.3 Å². The fraction of sp³-hybridized carbons (Fsp3) is 0.200. The molecule has 0 radical (unpaired) electrons. The molecule has 7 heteroatoms. The Morgan fingerprint density at radius 2 is 1.88 bits per heavy atom. The number of aromatic nitrogens is 3. The fourth-order valence-electron chi connectivity index (χ4n) is 3.84. The summed E-state index contributed by atoms with van der Waals surface area (Å²) >= 11 is 0. The Morgan fingerprint density at radius 3 is 2.59 bits per heavy atom. The molecule has 0 bridgehead atoms. The summed E-state index contributed by atoms with van der Waals surface area (Å²) in [7, 11) is 0. The SMILES string of the molecule is Cc1cccc2cc(CNc3ncnc(N)c3C(=N)C(C)C)n(-c3ccccc3)c(=O)c12. The predicted molar refractivity (Wildman–Crippen MR) is 130 cm³/mol. The quantitative estimate of drug-likeness (QED) is 0.398. The fourth-order valence-corrected chi connectivity index (χ4v) is 3.84. The van der Waals surface area contributed by atoms with Crippen LogP contribution in [0.5, 0.6) is 0 Å². The van der Waals surface area contributed by atoms with Crippen LogP contribution in [0.4, 0.5) is 11.6 Å². The standard InChI is InChI=1S/C25H26N6O/c1-15(2)22(26)21-23(27)29-14-30-24(21)28-13-19-12-17-9-7-8-16(3)20(17)25(32)31(19)18-10-5-4-6-11-18/h4-12,14-15,26H,13H2,1-3H3,(H3,27,28,29,30). The van der Waals surface area contributed by atoms with Crippen LogP contribution in [0.2, 0.25) is 0 Å². The van der Waals surface area contributed by atoms with Crippen molar-refractivity contribution in [3.05, 3.63) is 88.1 Å². The van der Waals surface area contributed by atoms with E-state index in [0.29, 0.717) is 29.0 Å². The Morgan fingerprint density at radius 1 is 1.12 bits per heavy atom. The van der Waals surface area contributed by atoms with Gasteiger partial charge in [-0.05, 0) is 42.0 Å². The Hall–Kier alpha value is -4.00. The number of pyridine rings is 1. The van der Waals surface area contributed by atoms with E-state index in [1.807, 2.05) is 75.4 Å². The number of para-hydroxylation sites is 1. The zero-order valence-electron chi connectivity index (χ0n) is 18.4. The van der Waals surface area contributed by atoms with Crippen molar-refractivity contribution in [2.75, 3.05) is 11.1 Å². The molecule has 4 N–H and O–H groups in total. The highest BCUT2D eigenvalue weighted by Gasteiger charge is 2.18. The van der Waals surface area contributed by atoms with E-state index in [9.17, 15) is 4.79 Å². The number of hydrogen-bond acceptors (Lipinski definition) is 6. The topological polar surface area (TPSA) is 110 Å². The molecule has 0 amide bonds. The molecule has 162 valence electrons. The van der Waals surface area contributed by atoms with Crippen molar-refractivity contribution in [3.8, 4) is 5.69 Å². The molecular weight excluding hydrogens is 400 g/mol. The first-order chi connectivity index (χ1) is 15.4. The first-order valence-electron chi connectivity index (χ1n) is 10.5. The van der Waals surface area contributed by atoms with Gasteiger partial charge in [-0.3, -0.25) is 9.36 Å².